The molecular formula is C15H16ClNO3S. The van der Waals surface area contributed by atoms with Gasteiger partial charge in [-0.15, -0.1) is 0 Å². The number of sulfonamides is 1. The number of hydrogen-bond donors (Lipinski definition) is 1. The van der Waals surface area contributed by atoms with Gasteiger partial charge in [0.1, 0.15) is 5.75 Å². The van der Waals surface area contributed by atoms with E-state index in [0.29, 0.717) is 17.4 Å². The van der Waals surface area contributed by atoms with Crippen molar-refractivity contribution in [1.29, 1.82) is 0 Å². The lowest BCUT2D eigenvalue weighted by Crippen LogP contribution is -2.23. The molecule has 0 saturated heterocycles. The molecule has 0 aliphatic rings. The minimum Gasteiger partial charge on any atom is -0.494 e. The SMILES string of the molecule is CCOc1ccc(S(=O)(=O)NCc2cccc(Cl)c2)cc1. The molecule has 0 fully saturated rings. The number of halogens is 1. The van der Waals surface area contributed by atoms with E-state index in [0.717, 1.165) is 5.56 Å². The molecule has 0 aliphatic heterocycles. The first-order chi connectivity index (χ1) is 10.0. The van der Waals surface area contributed by atoms with Gasteiger partial charge in [-0.05, 0) is 48.9 Å². The van der Waals surface area contributed by atoms with Gasteiger partial charge in [0, 0.05) is 11.6 Å². The highest BCUT2D eigenvalue weighted by molar-refractivity contribution is 7.89. The predicted octanol–water partition coefficient (Wildman–Crippen LogP) is 3.22. The summed E-state index contributed by atoms with van der Waals surface area (Å²) in [6.07, 6.45) is 0. The molecule has 2 rings (SSSR count). The summed E-state index contributed by atoms with van der Waals surface area (Å²) in [5, 5.41) is 0.577. The Hall–Kier alpha value is -1.56. The number of rotatable bonds is 6. The average Bonchev–Trinajstić information content (AvgIpc) is 2.46. The van der Waals surface area contributed by atoms with E-state index in [2.05, 4.69) is 4.72 Å². The van der Waals surface area contributed by atoms with E-state index < -0.39 is 10.0 Å². The Morgan fingerprint density at radius 3 is 2.48 bits per heavy atom. The highest BCUT2D eigenvalue weighted by Gasteiger charge is 2.13. The molecule has 0 aromatic heterocycles. The second-order valence-electron chi connectivity index (χ2n) is 4.36. The summed E-state index contributed by atoms with van der Waals surface area (Å²) in [6.45, 7) is 2.60. The monoisotopic (exact) mass is 325 g/mol. The normalized spacial score (nSPS) is 11.3. The van der Waals surface area contributed by atoms with Crippen LogP contribution in [-0.2, 0) is 16.6 Å². The van der Waals surface area contributed by atoms with E-state index in [-0.39, 0.29) is 11.4 Å². The van der Waals surface area contributed by atoms with Crippen LogP contribution in [0.5, 0.6) is 5.75 Å². The van der Waals surface area contributed by atoms with Crippen LogP contribution < -0.4 is 9.46 Å². The van der Waals surface area contributed by atoms with E-state index in [4.69, 9.17) is 16.3 Å². The molecule has 0 amide bonds. The molecule has 2 aromatic rings. The van der Waals surface area contributed by atoms with E-state index in [1.807, 2.05) is 13.0 Å². The quantitative estimate of drug-likeness (QED) is 0.887. The maximum absolute atomic E-state index is 12.2. The highest BCUT2D eigenvalue weighted by Crippen LogP contribution is 2.16. The molecule has 0 saturated carbocycles. The van der Waals surface area contributed by atoms with Crippen molar-refractivity contribution in [2.45, 2.75) is 18.4 Å². The van der Waals surface area contributed by atoms with Crippen LogP contribution in [0.15, 0.2) is 53.4 Å². The van der Waals surface area contributed by atoms with Crippen LogP contribution in [0.2, 0.25) is 5.02 Å². The van der Waals surface area contributed by atoms with Crippen molar-refractivity contribution in [2.75, 3.05) is 6.61 Å². The predicted molar refractivity (Wildman–Crippen MR) is 83.1 cm³/mol. The third-order valence-electron chi connectivity index (χ3n) is 2.80. The van der Waals surface area contributed by atoms with Gasteiger partial charge in [-0.3, -0.25) is 0 Å². The van der Waals surface area contributed by atoms with Crippen molar-refractivity contribution < 1.29 is 13.2 Å². The lowest BCUT2D eigenvalue weighted by molar-refractivity contribution is 0.340. The summed E-state index contributed by atoms with van der Waals surface area (Å²) >= 11 is 5.87. The Kier molecular flexibility index (Phi) is 5.22. The Balaban J connectivity index is 2.07. The fraction of sp³-hybridized carbons (Fsp3) is 0.200. The maximum Gasteiger partial charge on any atom is 0.240 e. The second kappa shape index (κ2) is 6.93. The van der Waals surface area contributed by atoms with Crippen molar-refractivity contribution in [3.63, 3.8) is 0 Å². The van der Waals surface area contributed by atoms with Crippen LogP contribution in [0.25, 0.3) is 0 Å². The Labute approximate surface area is 129 Å². The molecule has 21 heavy (non-hydrogen) atoms. The van der Waals surface area contributed by atoms with Gasteiger partial charge in [0.25, 0.3) is 0 Å². The summed E-state index contributed by atoms with van der Waals surface area (Å²) in [5.41, 5.74) is 0.803. The second-order valence-corrected chi connectivity index (χ2v) is 6.56. The van der Waals surface area contributed by atoms with Crippen LogP contribution in [-0.4, -0.2) is 15.0 Å². The van der Waals surface area contributed by atoms with Gasteiger partial charge in [-0.1, -0.05) is 23.7 Å². The number of ether oxygens (including phenoxy) is 1. The summed E-state index contributed by atoms with van der Waals surface area (Å²) in [6, 6.07) is 13.4. The van der Waals surface area contributed by atoms with Crippen molar-refractivity contribution in [3.8, 4) is 5.75 Å². The van der Waals surface area contributed by atoms with Gasteiger partial charge < -0.3 is 4.74 Å². The van der Waals surface area contributed by atoms with Crippen molar-refractivity contribution in [3.05, 3.63) is 59.1 Å². The van der Waals surface area contributed by atoms with Crippen LogP contribution in [0, 0.1) is 0 Å². The minimum absolute atomic E-state index is 0.191. The summed E-state index contributed by atoms with van der Waals surface area (Å²) < 4.78 is 32.2. The lowest BCUT2D eigenvalue weighted by atomic mass is 10.2. The number of hydrogen-bond acceptors (Lipinski definition) is 3. The Bertz CT molecular complexity index is 699. The molecule has 2 aromatic carbocycles. The highest BCUT2D eigenvalue weighted by atomic mass is 35.5. The molecular weight excluding hydrogens is 310 g/mol. The number of nitrogens with one attached hydrogen (secondary N) is 1. The molecule has 4 nitrogen and oxygen atoms in total. The molecule has 6 heteroatoms. The molecule has 0 spiro atoms. The van der Waals surface area contributed by atoms with Crippen LogP contribution in [0.1, 0.15) is 12.5 Å². The van der Waals surface area contributed by atoms with E-state index >= 15 is 0 Å². The summed E-state index contributed by atoms with van der Waals surface area (Å²) in [5.74, 6) is 0.645. The Morgan fingerprint density at radius 1 is 1.14 bits per heavy atom. The number of benzene rings is 2. The largest absolute Gasteiger partial charge is 0.494 e. The van der Waals surface area contributed by atoms with Gasteiger partial charge >= 0.3 is 0 Å². The van der Waals surface area contributed by atoms with Gasteiger partial charge in [0.15, 0.2) is 0 Å². The molecule has 0 bridgehead atoms. The van der Waals surface area contributed by atoms with Crippen LogP contribution in [0.3, 0.4) is 0 Å². The zero-order chi connectivity index (χ0) is 15.3. The smallest absolute Gasteiger partial charge is 0.240 e. The molecule has 112 valence electrons. The fourth-order valence-corrected chi connectivity index (χ4v) is 3.02. The molecule has 0 aliphatic carbocycles. The Morgan fingerprint density at radius 2 is 1.86 bits per heavy atom. The maximum atomic E-state index is 12.2. The van der Waals surface area contributed by atoms with Crippen molar-refractivity contribution in [2.24, 2.45) is 0 Å². The summed E-state index contributed by atoms with van der Waals surface area (Å²) in [7, 11) is -3.55. The van der Waals surface area contributed by atoms with Gasteiger partial charge in [0.2, 0.25) is 10.0 Å². The van der Waals surface area contributed by atoms with E-state index in [1.54, 1.807) is 30.3 Å². The first-order valence-corrected chi connectivity index (χ1v) is 8.34. The third-order valence-corrected chi connectivity index (χ3v) is 4.45. The van der Waals surface area contributed by atoms with Crippen molar-refractivity contribution >= 4 is 21.6 Å². The molecule has 0 atom stereocenters. The first-order valence-electron chi connectivity index (χ1n) is 6.48. The van der Waals surface area contributed by atoms with Crippen LogP contribution >= 0.6 is 11.6 Å². The molecule has 0 unspecified atom stereocenters. The molecule has 0 radical (unpaired) electrons. The fourth-order valence-electron chi connectivity index (χ4n) is 1.79. The lowest BCUT2D eigenvalue weighted by Gasteiger charge is -2.08. The van der Waals surface area contributed by atoms with Gasteiger partial charge in [-0.2, -0.15) is 0 Å². The first kappa shape index (κ1) is 15.8. The van der Waals surface area contributed by atoms with Crippen molar-refractivity contribution in [1.82, 2.24) is 4.72 Å². The topological polar surface area (TPSA) is 55.4 Å². The average molecular weight is 326 g/mol. The standard InChI is InChI=1S/C15H16ClNO3S/c1-2-20-14-6-8-15(9-7-14)21(18,19)17-11-12-4-3-5-13(16)10-12/h3-10,17H,2,11H2,1H3. The van der Waals surface area contributed by atoms with Gasteiger partial charge in [0.05, 0.1) is 11.5 Å². The molecule has 0 heterocycles. The van der Waals surface area contributed by atoms with E-state index in [9.17, 15) is 8.42 Å². The van der Waals surface area contributed by atoms with E-state index in [1.165, 1.54) is 12.1 Å². The zero-order valence-corrected chi connectivity index (χ0v) is 13.1. The molecule has 1 N–H and O–H groups in total. The third kappa shape index (κ3) is 4.46. The van der Waals surface area contributed by atoms with Crippen LogP contribution in [0.4, 0.5) is 0 Å². The zero-order valence-electron chi connectivity index (χ0n) is 11.5. The minimum atomic E-state index is -3.55. The summed E-state index contributed by atoms with van der Waals surface area (Å²) in [4.78, 5) is 0.202. The van der Waals surface area contributed by atoms with Gasteiger partial charge in [-0.25, -0.2) is 13.1 Å².